The Morgan fingerprint density at radius 3 is 2.12 bits per heavy atom. The van der Waals surface area contributed by atoms with E-state index in [1.807, 2.05) is 68.3 Å². The summed E-state index contributed by atoms with van der Waals surface area (Å²) >= 11 is 0. The SMILES string of the molecule is CN(C)CC(=O)Nc1cc(N(C)C)nc2ccccc12.O=C(O)C(=O)O. The van der Waals surface area contributed by atoms with E-state index in [4.69, 9.17) is 19.8 Å². The van der Waals surface area contributed by atoms with Gasteiger partial charge in [0.05, 0.1) is 17.7 Å². The van der Waals surface area contributed by atoms with Crippen LogP contribution >= 0.6 is 0 Å². The van der Waals surface area contributed by atoms with E-state index in [9.17, 15) is 4.79 Å². The number of anilines is 2. The van der Waals surface area contributed by atoms with Gasteiger partial charge in [-0.2, -0.15) is 0 Å². The molecule has 0 saturated carbocycles. The van der Waals surface area contributed by atoms with Gasteiger partial charge in [0.1, 0.15) is 5.82 Å². The zero-order chi connectivity index (χ0) is 19.9. The number of aromatic nitrogens is 1. The van der Waals surface area contributed by atoms with E-state index in [0.717, 1.165) is 22.4 Å². The molecule has 26 heavy (non-hydrogen) atoms. The van der Waals surface area contributed by atoms with Gasteiger partial charge in [-0.15, -0.1) is 0 Å². The van der Waals surface area contributed by atoms with E-state index in [1.165, 1.54) is 0 Å². The lowest BCUT2D eigenvalue weighted by Gasteiger charge is -2.16. The zero-order valence-electron chi connectivity index (χ0n) is 15.1. The third kappa shape index (κ3) is 6.36. The molecule has 0 fully saturated rings. The highest BCUT2D eigenvalue weighted by Gasteiger charge is 2.10. The Morgan fingerprint density at radius 2 is 1.62 bits per heavy atom. The standard InChI is InChI=1S/C15H20N4O.C2H2O4/c1-18(2)10-15(20)17-13-9-14(19(3)4)16-12-8-6-5-7-11(12)13;3-1(4)2(5)6/h5-9H,10H2,1-4H3,(H,16,17,20);(H,3,4)(H,5,6). The molecule has 0 aliphatic rings. The van der Waals surface area contributed by atoms with E-state index in [0.29, 0.717) is 6.54 Å². The predicted molar refractivity (Wildman–Crippen MR) is 98.5 cm³/mol. The first kappa shape index (κ1) is 20.8. The van der Waals surface area contributed by atoms with Crippen molar-refractivity contribution in [2.45, 2.75) is 0 Å². The van der Waals surface area contributed by atoms with Gasteiger partial charge >= 0.3 is 11.9 Å². The van der Waals surface area contributed by atoms with Crippen LogP contribution < -0.4 is 10.2 Å². The average molecular weight is 362 g/mol. The third-order valence-electron chi connectivity index (χ3n) is 3.08. The number of carboxylic acids is 2. The minimum Gasteiger partial charge on any atom is -0.473 e. The second-order valence-electron chi connectivity index (χ2n) is 5.84. The maximum Gasteiger partial charge on any atom is 0.414 e. The normalized spacial score (nSPS) is 10.0. The van der Waals surface area contributed by atoms with Crippen molar-refractivity contribution in [2.24, 2.45) is 0 Å². The van der Waals surface area contributed by atoms with Crippen LogP contribution in [0.25, 0.3) is 10.9 Å². The van der Waals surface area contributed by atoms with Crippen LogP contribution in [0.1, 0.15) is 0 Å². The summed E-state index contributed by atoms with van der Waals surface area (Å²) in [5.74, 6) is -2.86. The van der Waals surface area contributed by atoms with Gasteiger partial charge in [-0.1, -0.05) is 18.2 Å². The molecule has 1 amide bonds. The minimum atomic E-state index is -1.82. The van der Waals surface area contributed by atoms with Crippen molar-refractivity contribution in [3.8, 4) is 0 Å². The number of carbonyl (C=O) groups excluding carboxylic acids is 1. The number of nitrogens with one attached hydrogen (secondary N) is 1. The molecule has 9 heteroatoms. The highest BCUT2D eigenvalue weighted by molar-refractivity contribution is 6.27. The van der Waals surface area contributed by atoms with Gasteiger partial charge in [-0.25, -0.2) is 14.6 Å². The van der Waals surface area contributed by atoms with Crippen molar-refractivity contribution in [3.05, 3.63) is 30.3 Å². The van der Waals surface area contributed by atoms with Crippen LogP contribution in [0.4, 0.5) is 11.5 Å². The number of pyridine rings is 1. The first-order chi connectivity index (χ1) is 12.1. The molecule has 1 aromatic carbocycles. The summed E-state index contributed by atoms with van der Waals surface area (Å²) < 4.78 is 0. The number of hydrogen-bond acceptors (Lipinski definition) is 6. The van der Waals surface area contributed by atoms with Crippen LogP contribution in [0.5, 0.6) is 0 Å². The highest BCUT2D eigenvalue weighted by Crippen LogP contribution is 2.26. The van der Waals surface area contributed by atoms with E-state index in [2.05, 4.69) is 10.3 Å². The van der Waals surface area contributed by atoms with E-state index >= 15 is 0 Å². The molecule has 2 aromatic rings. The van der Waals surface area contributed by atoms with Gasteiger partial charge < -0.3 is 25.3 Å². The van der Waals surface area contributed by atoms with E-state index < -0.39 is 11.9 Å². The number of carbonyl (C=O) groups is 3. The average Bonchev–Trinajstić information content (AvgIpc) is 2.54. The lowest BCUT2D eigenvalue weighted by atomic mass is 10.2. The largest absolute Gasteiger partial charge is 0.473 e. The molecule has 1 heterocycles. The highest BCUT2D eigenvalue weighted by atomic mass is 16.4. The minimum absolute atomic E-state index is 0.0314. The number of carboxylic acid groups (broad SMARTS) is 2. The molecule has 0 atom stereocenters. The fraction of sp³-hybridized carbons (Fsp3) is 0.294. The van der Waals surface area contributed by atoms with Crippen molar-refractivity contribution in [1.82, 2.24) is 9.88 Å². The summed E-state index contributed by atoms with van der Waals surface area (Å²) in [6, 6.07) is 9.70. The van der Waals surface area contributed by atoms with Crippen molar-refractivity contribution < 1.29 is 24.6 Å². The lowest BCUT2D eigenvalue weighted by Crippen LogP contribution is -2.27. The van der Waals surface area contributed by atoms with Gasteiger partial charge in [0.25, 0.3) is 0 Å². The molecule has 3 N–H and O–H groups in total. The van der Waals surface area contributed by atoms with Crippen molar-refractivity contribution in [3.63, 3.8) is 0 Å². The molecule has 2 rings (SSSR count). The van der Waals surface area contributed by atoms with Gasteiger partial charge in [-0.05, 0) is 20.2 Å². The van der Waals surface area contributed by atoms with Gasteiger partial charge in [0, 0.05) is 25.5 Å². The number of para-hydroxylation sites is 1. The quantitative estimate of drug-likeness (QED) is 0.687. The van der Waals surface area contributed by atoms with Crippen LogP contribution in [-0.4, -0.2) is 72.7 Å². The predicted octanol–water partition coefficient (Wildman–Crippen LogP) is 0.956. The maximum atomic E-state index is 12.0. The summed E-state index contributed by atoms with van der Waals surface area (Å²) in [6.45, 7) is 0.355. The molecule has 0 aliphatic heterocycles. The van der Waals surface area contributed by atoms with Crippen LogP contribution in [0.3, 0.4) is 0 Å². The first-order valence-electron chi connectivity index (χ1n) is 7.59. The number of fused-ring (bicyclic) bond motifs is 1. The number of likely N-dealkylation sites (N-methyl/N-ethyl adjacent to an activating group) is 1. The molecule has 0 radical (unpaired) electrons. The van der Waals surface area contributed by atoms with Crippen molar-refractivity contribution >= 4 is 40.3 Å². The van der Waals surface area contributed by atoms with Crippen LogP contribution in [0.15, 0.2) is 30.3 Å². The molecule has 9 nitrogen and oxygen atoms in total. The number of amides is 1. The number of rotatable bonds is 4. The number of aliphatic carboxylic acids is 2. The van der Waals surface area contributed by atoms with Crippen molar-refractivity contribution in [1.29, 1.82) is 0 Å². The topological polar surface area (TPSA) is 123 Å². The van der Waals surface area contributed by atoms with Gasteiger partial charge in [0.15, 0.2) is 0 Å². The zero-order valence-corrected chi connectivity index (χ0v) is 15.1. The Labute approximate surface area is 150 Å². The summed E-state index contributed by atoms with van der Waals surface area (Å²) in [7, 11) is 7.61. The number of nitrogens with zero attached hydrogens (tertiary/aromatic N) is 3. The van der Waals surface area contributed by atoms with Gasteiger partial charge in [0.2, 0.25) is 5.91 Å². The summed E-state index contributed by atoms with van der Waals surface area (Å²) in [5, 5.41) is 18.7. The maximum absolute atomic E-state index is 12.0. The third-order valence-corrected chi connectivity index (χ3v) is 3.08. The molecule has 0 saturated heterocycles. The van der Waals surface area contributed by atoms with Crippen molar-refractivity contribution in [2.75, 3.05) is 45.0 Å². The molecule has 140 valence electrons. The van der Waals surface area contributed by atoms with E-state index in [1.54, 1.807) is 0 Å². The fourth-order valence-corrected chi connectivity index (χ4v) is 1.97. The molecular weight excluding hydrogens is 340 g/mol. The smallest absolute Gasteiger partial charge is 0.414 e. The Morgan fingerprint density at radius 1 is 1.04 bits per heavy atom. The van der Waals surface area contributed by atoms with Gasteiger partial charge in [-0.3, -0.25) is 4.79 Å². The second-order valence-corrected chi connectivity index (χ2v) is 5.84. The Kier molecular flexibility index (Phi) is 7.48. The Balaban J connectivity index is 0.000000487. The molecular formula is C17H22N4O5. The first-order valence-corrected chi connectivity index (χ1v) is 7.59. The van der Waals surface area contributed by atoms with Crippen LogP contribution in [-0.2, 0) is 14.4 Å². The number of hydrogen-bond donors (Lipinski definition) is 3. The molecule has 0 aliphatic carbocycles. The molecule has 0 unspecified atom stereocenters. The molecule has 0 spiro atoms. The Hall–Kier alpha value is -3.20. The monoisotopic (exact) mass is 362 g/mol. The Bertz CT molecular complexity index is 793. The second kappa shape index (κ2) is 9.33. The summed E-state index contributed by atoms with van der Waals surface area (Å²) in [5.41, 5.74) is 1.67. The molecule has 0 bridgehead atoms. The lowest BCUT2D eigenvalue weighted by molar-refractivity contribution is -0.159. The van der Waals surface area contributed by atoms with E-state index in [-0.39, 0.29) is 5.91 Å². The summed E-state index contributed by atoms with van der Waals surface area (Å²) in [6.07, 6.45) is 0. The summed E-state index contributed by atoms with van der Waals surface area (Å²) in [4.78, 5) is 38.5. The molecule has 1 aromatic heterocycles. The van der Waals surface area contributed by atoms with Crippen LogP contribution in [0.2, 0.25) is 0 Å². The van der Waals surface area contributed by atoms with Crippen LogP contribution in [0, 0.1) is 0 Å². The fourth-order valence-electron chi connectivity index (χ4n) is 1.97. The number of benzene rings is 1.